The highest BCUT2D eigenvalue weighted by molar-refractivity contribution is 6.10. The lowest BCUT2D eigenvalue weighted by atomic mass is 9.90. The SMILES string of the molecule is CCCOC(C(=O)OC)c1c(CC)cccc1C(=O)c1ccc(OC)c(F)c1. The molecule has 0 aliphatic heterocycles. The summed E-state index contributed by atoms with van der Waals surface area (Å²) in [5.74, 6) is -1.56. The van der Waals surface area contributed by atoms with E-state index in [1.54, 1.807) is 12.1 Å². The molecule has 1 unspecified atom stereocenters. The lowest BCUT2D eigenvalue weighted by Gasteiger charge is -2.21. The Morgan fingerprint density at radius 2 is 1.86 bits per heavy atom. The van der Waals surface area contributed by atoms with Gasteiger partial charge < -0.3 is 14.2 Å². The molecule has 0 spiro atoms. The topological polar surface area (TPSA) is 61.8 Å². The van der Waals surface area contributed by atoms with Gasteiger partial charge in [0.2, 0.25) is 0 Å². The molecule has 150 valence electrons. The summed E-state index contributed by atoms with van der Waals surface area (Å²) in [6.07, 6.45) is 0.272. The molecule has 2 rings (SSSR count). The summed E-state index contributed by atoms with van der Waals surface area (Å²) >= 11 is 0. The van der Waals surface area contributed by atoms with E-state index in [1.807, 2.05) is 19.9 Å². The maximum atomic E-state index is 14.1. The zero-order chi connectivity index (χ0) is 20.7. The predicted octanol–water partition coefficient (Wildman–Crippen LogP) is 4.27. The van der Waals surface area contributed by atoms with Crippen LogP contribution in [-0.4, -0.2) is 32.6 Å². The third-order valence-corrected chi connectivity index (χ3v) is 4.40. The normalized spacial score (nSPS) is 11.8. The van der Waals surface area contributed by atoms with Gasteiger partial charge >= 0.3 is 5.97 Å². The molecular formula is C22H25FO5. The monoisotopic (exact) mass is 388 g/mol. The Bertz CT molecular complexity index is 847. The van der Waals surface area contributed by atoms with Crippen molar-refractivity contribution in [2.45, 2.75) is 32.8 Å². The molecule has 0 aliphatic carbocycles. The van der Waals surface area contributed by atoms with Gasteiger partial charge in [-0.2, -0.15) is 0 Å². The van der Waals surface area contributed by atoms with Crippen LogP contribution >= 0.6 is 0 Å². The highest BCUT2D eigenvalue weighted by Crippen LogP contribution is 2.30. The Morgan fingerprint density at radius 1 is 1.11 bits per heavy atom. The first-order chi connectivity index (χ1) is 13.5. The molecule has 0 bridgehead atoms. The van der Waals surface area contributed by atoms with E-state index in [1.165, 1.54) is 26.4 Å². The van der Waals surface area contributed by atoms with Crippen molar-refractivity contribution in [1.82, 2.24) is 0 Å². The number of methoxy groups -OCH3 is 2. The van der Waals surface area contributed by atoms with Gasteiger partial charge in [0, 0.05) is 23.3 Å². The minimum Gasteiger partial charge on any atom is -0.494 e. The minimum atomic E-state index is -1.02. The van der Waals surface area contributed by atoms with Crippen LogP contribution in [0.4, 0.5) is 4.39 Å². The summed E-state index contributed by atoms with van der Waals surface area (Å²) in [6, 6.07) is 9.22. The summed E-state index contributed by atoms with van der Waals surface area (Å²) in [4.78, 5) is 25.6. The number of halogens is 1. The zero-order valence-corrected chi connectivity index (χ0v) is 16.6. The first-order valence-electron chi connectivity index (χ1n) is 9.17. The van der Waals surface area contributed by atoms with Crippen LogP contribution in [-0.2, 0) is 20.7 Å². The minimum absolute atomic E-state index is 0.0535. The third kappa shape index (κ3) is 4.57. The molecule has 2 aromatic carbocycles. The molecular weight excluding hydrogens is 363 g/mol. The first kappa shape index (κ1) is 21.6. The molecule has 2 aromatic rings. The van der Waals surface area contributed by atoms with Gasteiger partial charge in [0.25, 0.3) is 0 Å². The number of ether oxygens (including phenoxy) is 3. The van der Waals surface area contributed by atoms with E-state index in [0.29, 0.717) is 25.0 Å². The third-order valence-electron chi connectivity index (χ3n) is 4.40. The van der Waals surface area contributed by atoms with Gasteiger partial charge in [-0.25, -0.2) is 9.18 Å². The summed E-state index contributed by atoms with van der Waals surface area (Å²) in [5, 5.41) is 0. The number of hydrogen-bond acceptors (Lipinski definition) is 5. The van der Waals surface area contributed by atoms with Crippen LogP contribution < -0.4 is 4.74 Å². The number of rotatable bonds is 9. The number of esters is 1. The predicted molar refractivity (Wildman–Crippen MR) is 103 cm³/mol. The average Bonchev–Trinajstić information content (AvgIpc) is 2.72. The smallest absolute Gasteiger partial charge is 0.339 e. The Labute approximate surface area is 164 Å². The fraction of sp³-hybridized carbons (Fsp3) is 0.364. The molecule has 28 heavy (non-hydrogen) atoms. The molecule has 0 aromatic heterocycles. The molecule has 0 heterocycles. The number of carbonyl (C=O) groups excluding carboxylic acids is 2. The fourth-order valence-electron chi connectivity index (χ4n) is 3.00. The Balaban J connectivity index is 2.59. The number of aryl methyl sites for hydroxylation is 1. The summed E-state index contributed by atoms with van der Waals surface area (Å²) < 4.78 is 29.7. The Kier molecular flexibility index (Phi) is 7.70. The maximum absolute atomic E-state index is 14.1. The number of benzene rings is 2. The highest BCUT2D eigenvalue weighted by Gasteiger charge is 2.29. The van der Waals surface area contributed by atoms with Crippen LogP contribution in [0.15, 0.2) is 36.4 Å². The van der Waals surface area contributed by atoms with Crippen LogP contribution in [0, 0.1) is 5.82 Å². The Hall–Kier alpha value is -2.73. The summed E-state index contributed by atoms with van der Waals surface area (Å²) in [6.45, 7) is 4.18. The van der Waals surface area contributed by atoms with Gasteiger partial charge in [0.05, 0.1) is 14.2 Å². The number of ketones is 1. The van der Waals surface area contributed by atoms with E-state index >= 15 is 0 Å². The van der Waals surface area contributed by atoms with Crippen LogP contribution in [0.5, 0.6) is 5.75 Å². The molecule has 0 amide bonds. The first-order valence-corrected chi connectivity index (χ1v) is 9.17. The van der Waals surface area contributed by atoms with Gasteiger partial charge in [-0.1, -0.05) is 32.0 Å². The largest absolute Gasteiger partial charge is 0.494 e. The van der Waals surface area contributed by atoms with Crippen molar-refractivity contribution < 1.29 is 28.2 Å². The maximum Gasteiger partial charge on any atom is 0.339 e. The molecule has 0 radical (unpaired) electrons. The highest BCUT2D eigenvalue weighted by atomic mass is 19.1. The van der Waals surface area contributed by atoms with Gasteiger partial charge in [-0.3, -0.25) is 4.79 Å². The average molecular weight is 388 g/mol. The fourth-order valence-corrected chi connectivity index (χ4v) is 3.00. The van der Waals surface area contributed by atoms with Crippen molar-refractivity contribution in [3.8, 4) is 5.75 Å². The molecule has 6 heteroatoms. The van der Waals surface area contributed by atoms with Gasteiger partial charge in [-0.15, -0.1) is 0 Å². The van der Waals surface area contributed by atoms with Crippen molar-refractivity contribution in [2.75, 3.05) is 20.8 Å². The van der Waals surface area contributed by atoms with E-state index in [9.17, 15) is 14.0 Å². The van der Waals surface area contributed by atoms with Crippen LogP contribution in [0.1, 0.15) is 53.4 Å². The molecule has 5 nitrogen and oxygen atoms in total. The molecule has 0 aliphatic rings. The quantitative estimate of drug-likeness (QED) is 0.474. The standard InChI is InChI=1S/C22H25FO5/c1-5-12-28-21(22(25)27-4)19-14(6-2)8-7-9-16(19)20(24)15-10-11-18(26-3)17(23)13-15/h7-11,13,21H,5-6,12H2,1-4H3. The second-order valence-corrected chi connectivity index (χ2v) is 6.18. The van der Waals surface area contributed by atoms with Gasteiger partial charge in [0.15, 0.2) is 23.5 Å². The molecule has 0 N–H and O–H groups in total. The van der Waals surface area contributed by atoms with Gasteiger partial charge in [-0.05, 0) is 36.6 Å². The van der Waals surface area contributed by atoms with E-state index in [0.717, 1.165) is 11.6 Å². The van der Waals surface area contributed by atoms with Crippen LogP contribution in [0.2, 0.25) is 0 Å². The summed E-state index contributed by atoms with van der Waals surface area (Å²) in [7, 11) is 2.63. The van der Waals surface area contributed by atoms with Gasteiger partial charge in [0.1, 0.15) is 0 Å². The van der Waals surface area contributed by atoms with Crippen molar-refractivity contribution in [3.05, 3.63) is 64.5 Å². The zero-order valence-electron chi connectivity index (χ0n) is 16.6. The second kappa shape index (κ2) is 9.99. The van der Waals surface area contributed by atoms with Crippen molar-refractivity contribution in [3.63, 3.8) is 0 Å². The molecule has 0 saturated heterocycles. The van der Waals surface area contributed by atoms with E-state index < -0.39 is 23.7 Å². The van der Waals surface area contributed by atoms with Crippen LogP contribution in [0.3, 0.4) is 0 Å². The molecule has 0 fully saturated rings. The molecule has 1 atom stereocenters. The van der Waals surface area contributed by atoms with E-state index in [-0.39, 0.29) is 16.9 Å². The lowest BCUT2D eigenvalue weighted by molar-refractivity contribution is -0.154. The molecule has 0 saturated carbocycles. The van der Waals surface area contributed by atoms with Crippen LogP contribution in [0.25, 0.3) is 0 Å². The number of hydrogen-bond donors (Lipinski definition) is 0. The number of carbonyl (C=O) groups is 2. The van der Waals surface area contributed by atoms with E-state index in [2.05, 4.69) is 0 Å². The Morgan fingerprint density at radius 3 is 2.43 bits per heavy atom. The van der Waals surface area contributed by atoms with Crippen molar-refractivity contribution in [1.29, 1.82) is 0 Å². The van der Waals surface area contributed by atoms with Crippen molar-refractivity contribution in [2.24, 2.45) is 0 Å². The van der Waals surface area contributed by atoms with E-state index in [4.69, 9.17) is 14.2 Å². The second-order valence-electron chi connectivity index (χ2n) is 6.18. The summed E-state index contributed by atoms with van der Waals surface area (Å²) in [5.41, 5.74) is 1.71. The lowest BCUT2D eigenvalue weighted by Crippen LogP contribution is -2.22. The van der Waals surface area contributed by atoms with Crippen molar-refractivity contribution >= 4 is 11.8 Å².